The van der Waals surface area contributed by atoms with E-state index < -0.39 is 0 Å². The van der Waals surface area contributed by atoms with E-state index in [0.29, 0.717) is 0 Å². The molecule has 9 nitrogen and oxygen atoms in total. The molecule has 6 aromatic rings. The SMILES string of the molecule is Br.C[n+]1ccc(Nc2cc[n+](C)cc2)cc1.C[n+]1ccc(Nc2cc[n+](C)cc2)cc1.C[n+]1ccc(Nc2cc[n+](C)cc2)cc1.Cl.I. The number of aromatic nitrogens is 6. The van der Waals surface area contributed by atoms with E-state index in [-0.39, 0.29) is 53.4 Å². The number of nitrogens with zero attached hydrogens (tertiary/aromatic N) is 6. The number of rotatable bonds is 6. The largest absolute Gasteiger partial charge is 0.355 e. The van der Waals surface area contributed by atoms with Crippen molar-refractivity contribution in [3.8, 4) is 0 Å². The zero-order valence-corrected chi connectivity index (χ0v) is 33.1. The lowest BCUT2D eigenvalue weighted by Crippen LogP contribution is -2.26. The molecule has 48 heavy (non-hydrogen) atoms. The highest BCUT2D eigenvalue weighted by molar-refractivity contribution is 14.0. The van der Waals surface area contributed by atoms with Gasteiger partial charge in [-0.3, -0.25) is 0 Å². The number of aryl methyl sites for hydroxylation is 6. The molecule has 0 amide bonds. The Kier molecular flexibility index (Phi) is 18.8. The lowest BCUT2D eigenvalue weighted by Gasteiger charge is -2.03. The van der Waals surface area contributed by atoms with Crippen LogP contribution in [0.3, 0.4) is 0 Å². The summed E-state index contributed by atoms with van der Waals surface area (Å²) < 4.78 is 12.1. The van der Waals surface area contributed by atoms with Gasteiger partial charge in [0, 0.05) is 72.8 Å². The lowest BCUT2D eigenvalue weighted by atomic mass is 10.3. The second-order valence-electron chi connectivity index (χ2n) is 10.9. The van der Waals surface area contributed by atoms with Crippen molar-refractivity contribution in [1.29, 1.82) is 0 Å². The number of halogens is 3. The third-order valence-corrected chi connectivity index (χ3v) is 6.74. The van der Waals surface area contributed by atoms with Gasteiger partial charge < -0.3 is 16.0 Å². The molecule has 0 aliphatic rings. The second-order valence-corrected chi connectivity index (χ2v) is 10.9. The molecule has 0 fully saturated rings. The van der Waals surface area contributed by atoms with Gasteiger partial charge in [0.25, 0.3) is 0 Å². The Labute approximate surface area is 318 Å². The predicted molar refractivity (Wildman–Crippen MR) is 209 cm³/mol. The van der Waals surface area contributed by atoms with Crippen molar-refractivity contribution in [1.82, 2.24) is 0 Å². The first-order chi connectivity index (χ1) is 21.7. The zero-order valence-electron chi connectivity index (χ0n) is 28.3. The zero-order chi connectivity index (χ0) is 32.0. The fourth-order valence-corrected chi connectivity index (χ4v) is 4.01. The molecule has 0 bridgehead atoms. The Hall–Kier alpha value is -4.20. The van der Waals surface area contributed by atoms with Gasteiger partial charge in [-0.15, -0.1) is 53.4 Å². The molecule has 0 saturated carbocycles. The van der Waals surface area contributed by atoms with Crippen LogP contribution in [0.5, 0.6) is 0 Å². The van der Waals surface area contributed by atoms with Crippen molar-refractivity contribution in [2.45, 2.75) is 0 Å². The minimum Gasteiger partial charge on any atom is -0.355 e. The molecule has 0 aliphatic heterocycles. The van der Waals surface area contributed by atoms with E-state index in [4.69, 9.17) is 0 Å². The quantitative estimate of drug-likeness (QED) is 0.166. The molecule has 0 saturated heterocycles. The highest BCUT2D eigenvalue weighted by Gasteiger charge is 2.01. The number of hydrogen-bond donors (Lipinski definition) is 3. The van der Waals surface area contributed by atoms with E-state index in [2.05, 4.69) is 16.0 Å². The van der Waals surface area contributed by atoms with Gasteiger partial charge in [-0.2, -0.15) is 0 Å². The Morgan fingerprint density at radius 1 is 0.292 bits per heavy atom. The molecule has 252 valence electrons. The van der Waals surface area contributed by atoms with Crippen molar-refractivity contribution in [2.75, 3.05) is 16.0 Å². The van der Waals surface area contributed by atoms with Crippen molar-refractivity contribution < 1.29 is 27.4 Å². The van der Waals surface area contributed by atoms with Gasteiger partial charge in [0.1, 0.15) is 42.3 Å². The van der Waals surface area contributed by atoms with Crippen LogP contribution in [0.1, 0.15) is 0 Å². The fourth-order valence-electron chi connectivity index (χ4n) is 4.01. The molecule has 3 N–H and O–H groups in total. The maximum Gasteiger partial charge on any atom is 0.170 e. The van der Waals surface area contributed by atoms with Crippen LogP contribution in [0.2, 0.25) is 0 Å². The maximum atomic E-state index is 3.33. The van der Waals surface area contributed by atoms with E-state index in [9.17, 15) is 0 Å². The normalized spacial score (nSPS) is 9.38. The van der Waals surface area contributed by atoms with Gasteiger partial charge in [0.2, 0.25) is 0 Å². The summed E-state index contributed by atoms with van der Waals surface area (Å²) in [6.45, 7) is 0. The van der Waals surface area contributed by atoms with Crippen LogP contribution in [0, 0.1) is 0 Å². The summed E-state index contributed by atoms with van der Waals surface area (Å²) >= 11 is 0. The van der Waals surface area contributed by atoms with Crippen LogP contribution >= 0.6 is 53.4 Å². The van der Waals surface area contributed by atoms with E-state index in [0.717, 1.165) is 34.1 Å². The van der Waals surface area contributed by atoms with Crippen LogP contribution < -0.4 is 43.4 Å². The minimum atomic E-state index is 0. The Morgan fingerprint density at radius 2 is 0.396 bits per heavy atom. The maximum absolute atomic E-state index is 3.33. The summed E-state index contributed by atoms with van der Waals surface area (Å²) in [5, 5.41) is 9.99. The van der Waals surface area contributed by atoms with Crippen LogP contribution in [0.4, 0.5) is 34.1 Å². The Morgan fingerprint density at radius 3 is 0.500 bits per heavy atom. The average molecular weight is 849 g/mol. The summed E-state index contributed by atoms with van der Waals surface area (Å²) in [5.41, 5.74) is 6.59. The second kappa shape index (κ2) is 21.6. The van der Waals surface area contributed by atoms with Crippen molar-refractivity contribution in [2.24, 2.45) is 42.3 Å². The first-order valence-corrected chi connectivity index (χ1v) is 14.7. The molecule has 6 rings (SSSR count). The van der Waals surface area contributed by atoms with Gasteiger partial charge in [0.05, 0.1) is 34.1 Å². The summed E-state index contributed by atoms with van der Waals surface area (Å²) in [4.78, 5) is 0. The van der Waals surface area contributed by atoms with E-state index in [1.54, 1.807) is 0 Å². The summed E-state index contributed by atoms with van der Waals surface area (Å²) in [7, 11) is 12.0. The van der Waals surface area contributed by atoms with Crippen molar-refractivity contribution in [3.63, 3.8) is 0 Å². The van der Waals surface area contributed by atoms with E-state index in [1.165, 1.54) is 0 Å². The molecule has 0 atom stereocenters. The van der Waals surface area contributed by atoms with Crippen molar-refractivity contribution in [3.05, 3.63) is 147 Å². The average Bonchev–Trinajstić information content (AvgIpc) is 3.04. The summed E-state index contributed by atoms with van der Waals surface area (Å²) in [5.74, 6) is 0. The van der Waals surface area contributed by atoms with Crippen molar-refractivity contribution >= 4 is 87.5 Å². The van der Waals surface area contributed by atoms with Crippen LogP contribution in [-0.2, 0) is 42.3 Å². The highest BCUT2D eigenvalue weighted by atomic mass is 127. The monoisotopic (exact) mass is 847 g/mol. The molecule has 0 spiro atoms. The van der Waals surface area contributed by atoms with E-state index >= 15 is 0 Å². The predicted octanol–water partition coefficient (Wildman–Crippen LogP) is 4.86. The van der Waals surface area contributed by atoms with Gasteiger partial charge >= 0.3 is 0 Å². The minimum absolute atomic E-state index is 0. The van der Waals surface area contributed by atoms with Crippen LogP contribution in [0.25, 0.3) is 0 Å². The number of anilines is 6. The molecular weight excluding hydrogens is 801 g/mol. The molecule has 0 aromatic carbocycles. The number of pyridine rings is 6. The third-order valence-electron chi connectivity index (χ3n) is 6.74. The van der Waals surface area contributed by atoms with Crippen LogP contribution in [-0.4, -0.2) is 0 Å². The fraction of sp³-hybridized carbons (Fsp3) is 0.167. The molecule has 0 aliphatic carbocycles. The summed E-state index contributed by atoms with van der Waals surface area (Å²) in [6.07, 6.45) is 24.2. The first kappa shape index (κ1) is 41.8. The smallest absolute Gasteiger partial charge is 0.170 e. The summed E-state index contributed by atoms with van der Waals surface area (Å²) in [6, 6.07) is 24.6. The standard InChI is InChI=1S/3C12H14N3.BrH.ClH.HI/c3*1-14-7-3-11(4-8-14)13-12-5-9-15(2)10-6-12;;;/h3*3-10H,1-2H3;3*1H/q3*+1;;;/p+3. The molecular formula is C36H48BrClIN9+6. The Balaban J connectivity index is 0.000000349. The van der Waals surface area contributed by atoms with E-state index in [1.807, 2.05) is 217 Å². The van der Waals surface area contributed by atoms with Crippen LogP contribution in [0.15, 0.2) is 147 Å². The number of hydrogen-bond acceptors (Lipinski definition) is 3. The molecule has 6 heterocycles. The van der Waals surface area contributed by atoms with Gasteiger partial charge in [0.15, 0.2) is 74.4 Å². The highest BCUT2D eigenvalue weighted by Crippen LogP contribution is 2.14. The third kappa shape index (κ3) is 15.1. The first-order valence-electron chi connectivity index (χ1n) is 14.7. The Bertz CT molecular complexity index is 1400. The lowest BCUT2D eigenvalue weighted by molar-refractivity contribution is -0.671. The molecule has 12 heteroatoms. The van der Waals surface area contributed by atoms with Gasteiger partial charge in [-0.05, 0) is 0 Å². The topological polar surface area (TPSA) is 59.4 Å². The molecule has 0 radical (unpaired) electrons. The van der Waals surface area contributed by atoms with Gasteiger partial charge in [-0.1, -0.05) is 0 Å². The van der Waals surface area contributed by atoms with Gasteiger partial charge in [-0.25, -0.2) is 27.4 Å². The molecule has 0 unspecified atom stereocenters. The number of nitrogens with one attached hydrogen (secondary N) is 3. The molecule has 6 aromatic heterocycles.